The van der Waals surface area contributed by atoms with Gasteiger partial charge in [0.1, 0.15) is 18.8 Å². The van der Waals surface area contributed by atoms with Crippen LogP contribution in [-0.4, -0.2) is 18.7 Å². The summed E-state index contributed by atoms with van der Waals surface area (Å²) in [7, 11) is 0. The Labute approximate surface area is 94.7 Å². The Morgan fingerprint density at radius 3 is 2.75 bits per heavy atom. The average molecular weight is 218 g/mol. The molecule has 1 saturated heterocycles. The Morgan fingerprint density at radius 2 is 2.12 bits per heavy atom. The number of hydrogen-bond donors (Lipinski definition) is 0. The van der Waals surface area contributed by atoms with Gasteiger partial charge in [0.15, 0.2) is 0 Å². The average Bonchev–Trinajstić information content (AvgIpc) is 3.06. The van der Waals surface area contributed by atoms with Crippen molar-refractivity contribution < 1.29 is 14.3 Å². The van der Waals surface area contributed by atoms with Crippen molar-refractivity contribution in [2.24, 2.45) is 0 Å². The lowest BCUT2D eigenvalue weighted by Gasteiger charge is -2.00. The molecule has 1 heterocycles. The molecule has 0 N–H and O–H groups in total. The molecule has 3 heteroatoms. The monoisotopic (exact) mass is 218 g/mol. The lowest BCUT2D eigenvalue weighted by Crippen LogP contribution is -2.10. The Hall–Kier alpha value is -1.61. The molecular weight excluding hydrogens is 204 g/mol. The van der Waals surface area contributed by atoms with E-state index in [4.69, 9.17) is 9.47 Å². The van der Waals surface area contributed by atoms with Gasteiger partial charge in [-0.05, 0) is 12.5 Å². The summed E-state index contributed by atoms with van der Waals surface area (Å²) in [6.45, 7) is 5.44. The molecule has 1 aromatic carbocycles. The van der Waals surface area contributed by atoms with Crippen LogP contribution in [0, 0.1) is 0 Å². The molecule has 84 valence electrons. The maximum atomic E-state index is 11.1. The van der Waals surface area contributed by atoms with Crippen molar-refractivity contribution in [3.8, 4) is 0 Å². The van der Waals surface area contributed by atoms with Crippen LogP contribution in [0.15, 0.2) is 42.5 Å². The maximum absolute atomic E-state index is 11.1. The van der Waals surface area contributed by atoms with E-state index in [1.807, 2.05) is 30.3 Å². The zero-order valence-corrected chi connectivity index (χ0v) is 9.18. The minimum atomic E-state index is -0.359. The van der Waals surface area contributed by atoms with E-state index in [0.29, 0.717) is 12.2 Å². The van der Waals surface area contributed by atoms with Crippen LogP contribution in [-0.2, 0) is 14.3 Å². The molecule has 0 bridgehead atoms. The zero-order valence-electron chi connectivity index (χ0n) is 9.18. The highest BCUT2D eigenvalue weighted by Crippen LogP contribution is 2.38. The zero-order chi connectivity index (χ0) is 11.5. The molecule has 2 rings (SSSR count). The van der Waals surface area contributed by atoms with E-state index in [1.165, 1.54) is 0 Å². The molecule has 1 aliphatic heterocycles. The van der Waals surface area contributed by atoms with E-state index >= 15 is 0 Å². The van der Waals surface area contributed by atoms with E-state index in [0.717, 1.165) is 5.56 Å². The fourth-order valence-electron chi connectivity index (χ4n) is 1.49. The number of esters is 1. The summed E-state index contributed by atoms with van der Waals surface area (Å²) in [6.07, 6.45) is 0.0600. The van der Waals surface area contributed by atoms with Gasteiger partial charge < -0.3 is 9.47 Å². The van der Waals surface area contributed by atoms with E-state index < -0.39 is 0 Å². The second-order valence-electron chi connectivity index (χ2n) is 3.88. The molecule has 0 aromatic heterocycles. The van der Waals surface area contributed by atoms with Crippen LogP contribution in [0.4, 0.5) is 0 Å². The first kappa shape index (κ1) is 10.9. The second kappa shape index (κ2) is 4.49. The van der Waals surface area contributed by atoms with Crippen LogP contribution >= 0.6 is 0 Å². The van der Waals surface area contributed by atoms with Crippen LogP contribution in [0.2, 0.25) is 0 Å². The SMILES string of the molecule is C=C(C)C(=O)OCC1OC1c1ccccc1. The Kier molecular flexibility index (Phi) is 3.06. The lowest BCUT2D eigenvalue weighted by molar-refractivity contribution is -0.139. The van der Waals surface area contributed by atoms with Crippen molar-refractivity contribution in [2.45, 2.75) is 19.1 Å². The standard InChI is InChI=1S/C13H14O3/c1-9(2)13(14)15-8-11-12(16-11)10-6-4-3-5-7-10/h3-7,11-12H,1,8H2,2H3. The molecular formula is C13H14O3. The van der Waals surface area contributed by atoms with E-state index in [2.05, 4.69) is 6.58 Å². The number of benzene rings is 1. The fourth-order valence-corrected chi connectivity index (χ4v) is 1.49. The highest BCUT2D eigenvalue weighted by Gasteiger charge is 2.40. The van der Waals surface area contributed by atoms with Gasteiger partial charge in [0, 0.05) is 5.57 Å². The Bertz CT molecular complexity index is 397. The highest BCUT2D eigenvalue weighted by atomic mass is 16.6. The van der Waals surface area contributed by atoms with Gasteiger partial charge in [-0.3, -0.25) is 0 Å². The molecule has 2 atom stereocenters. The largest absolute Gasteiger partial charge is 0.459 e. The maximum Gasteiger partial charge on any atom is 0.333 e. The quantitative estimate of drug-likeness (QED) is 0.442. The van der Waals surface area contributed by atoms with E-state index in [-0.39, 0.29) is 18.2 Å². The molecule has 0 aliphatic carbocycles. The normalized spacial score (nSPS) is 22.6. The predicted octanol–water partition coefficient (Wildman–Crippen LogP) is 2.25. The highest BCUT2D eigenvalue weighted by molar-refractivity contribution is 5.86. The van der Waals surface area contributed by atoms with Gasteiger partial charge in [-0.1, -0.05) is 36.9 Å². The van der Waals surface area contributed by atoms with Gasteiger partial charge in [0.25, 0.3) is 0 Å². The Balaban J connectivity index is 1.80. The summed E-state index contributed by atoms with van der Waals surface area (Å²) in [5.41, 5.74) is 1.54. The first-order chi connectivity index (χ1) is 7.68. The molecule has 0 saturated carbocycles. The molecule has 1 aliphatic rings. The van der Waals surface area contributed by atoms with Crippen molar-refractivity contribution in [1.82, 2.24) is 0 Å². The number of ether oxygens (including phenoxy) is 2. The number of carbonyl (C=O) groups is 1. The van der Waals surface area contributed by atoms with Crippen LogP contribution in [0.1, 0.15) is 18.6 Å². The molecule has 0 spiro atoms. The van der Waals surface area contributed by atoms with Gasteiger partial charge in [-0.15, -0.1) is 0 Å². The molecule has 16 heavy (non-hydrogen) atoms. The molecule has 3 nitrogen and oxygen atoms in total. The van der Waals surface area contributed by atoms with Crippen molar-refractivity contribution in [3.63, 3.8) is 0 Å². The number of hydrogen-bond acceptors (Lipinski definition) is 3. The molecule has 0 radical (unpaired) electrons. The van der Waals surface area contributed by atoms with Crippen molar-refractivity contribution in [2.75, 3.05) is 6.61 Å². The first-order valence-electron chi connectivity index (χ1n) is 5.21. The summed E-state index contributed by atoms with van der Waals surface area (Å²) < 4.78 is 10.4. The molecule has 1 aromatic rings. The van der Waals surface area contributed by atoms with Crippen molar-refractivity contribution >= 4 is 5.97 Å². The Morgan fingerprint density at radius 1 is 1.44 bits per heavy atom. The number of carbonyl (C=O) groups excluding carboxylic acids is 1. The van der Waals surface area contributed by atoms with Crippen LogP contribution in [0.25, 0.3) is 0 Å². The third kappa shape index (κ3) is 2.49. The molecule has 0 amide bonds. The van der Waals surface area contributed by atoms with Crippen LogP contribution in [0.5, 0.6) is 0 Å². The van der Waals surface area contributed by atoms with Gasteiger partial charge in [0.2, 0.25) is 0 Å². The van der Waals surface area contributed by atoms with Gasteiger partial charge in [-0.25, -0.2) is 4.79 Å². The third-order valence-electron chi connectivity index (χ3n) is 2.44. The molecule has 2 unspecified atom stereocenters. The van der Waals surface area contributed by atoms with Crippen LogP contribution < -0.4 is 0 Å². The van der Waals surface area contributed by atoms with Crippen molar-refractivity contribution in [1.29, 1.82) is 0 Å². The second-order valence-corrected chi connectivity index (χ2v) is 3.88. The summed E-state index contributed by atoms with van der Waals surface area (Å²) in [6, 6.07) is 9.90. The van der Waals surface area contributed by atoms with Gasteiger partial charge in [0.05, 0.1) is 0 Å². The first-order valence-corrected chi connectivity index (χ1v) is 5.21. The van der Waals surface area contributed by atoms with E-state index in [1.54, 1.807) is 6.92 Å². The minimum Gasteiger partial charge on any atom is -0.459 e. The number of rotatable bonds is 4. The third-order valence-corrected chi connectivity index (χ3v) is 2.44. The summed E-state index contributed by atoms with van der Waals surface area (Å²) >= 11 is 0. The summed E-state index contributed by atoms with van der Waals surface area (Å²) in [4.78, 5) is 11.1. The van der Waals surface area contributed by atoms with E-state index in [9.17, 15) is 4.79 Å². The molecule has 1 fully saturated rings. The van der Waals surface area contributed by atoms with Gasteiger partial charge >= 0.3 is 5.97 Å². The smallest absolute Gasteiger partial charge is 0.333 e. The minimum absolute atomic E-state index is 0.00861. The summed E-state index contributed by atoms with van der Waals surface area (Å²) in [5, 5.41) is 0. The van der Waals surface area contributed by atoms with Crippen molar-refractivity contribution in [3.05, 3.63) is 48.0 Å². The fraction of sp³-hybridized carbons (Fsp3) is 0.308. The lowest BCUT2D eigenvalue weighted by atomic mass is 10.1. The van der Waals surface area contributed by atoms with Gasteiger partial charge in [-0.2, -0.15) is 0 Å². The number of epoxide rings is 1. The van der Waals surface area contributed by atoms with Crippen LogP contribution in [0.3, 0.4) is 0 Å². The predicted molar refractivity (Wildman–Crippen MR) is 59.8 cm³/mol. The summed E-state index contributed by atoms with van der Waals surface area (Å²) in [5.74, 6) is -0.359. The topological polar surface area (TPSA) is 38.8 Å².